The maximum absolute atomic E-state index is 14.1. The molecule has 11 nitrogen and oxygen atoms in total. The molecule has 1 aromatic rings. The van der Waals surface area contributed by atoms with E-state index in [4.69, 9.17) is 4.74 Å². The number of nitrogens with one attached hydrogen (secondary N) is 3. The van der Waals surface area contributed by atoms with Gasteiger partial charge in [0, 0.05) is 24.5 Å². The second kappa shape index (κ2) is 17.2. The number of amides is 3. The van der Waals surface area contributed by atoms with Crippen molar-refractivity contribution >= 4 is 29.7 Å². The van der Waals surface area contributed by atoms with Crippen molar-refractivity contribution in [3.8, 4) is 0 Å². The van der Waals surface area contributed by atoms with Crippen LogP contribution in [-0.2, 0) is 38.9 Å². The molecule has 46 heavy (non-hydrogen) atoms. The molecule has 0 saturated carbocycles. The van der Waals surface area contributed by atoms with Crippen LogP contribution in [0.1, 0.15) is 73.8 Å². The highest BCUT2D eigenvalue weighted by molar-refractivity contribution is 5.96. The number of hydrogen-bond donors (Lipinski definition) is 3. The van der Waals surface area contributed by atoms with Gasteiger partial charge < -0.3 is 30.3 Å². The van der Waals surface area contributed by atoms with Crippen molar-refractivity contribution in [3.63, 3.8) is 0 Å². The number of nitrogens with zero attached hydrogens (tertiary/aromatic N) is 1. The van der Waals surface area contributed by atoms with Crippen molar-refractivity contribution in [1.29, 1.82) is 0 Å². The highest BCUT2D eigenvalue weighted by atomic mass is 19.1. The molecule has 258 valence electrons. The molecule has 0 fully saturated rings. The second-order valence-corrected chi connectivity index (χ2v) is 13.5. The fourth-order valence-electron chi connectivity index (χ4n) is 5.21. The molecule has 1 aromatic carbocycles. The zero-order valence-corrected chi connectivity index (χ0v) is 29.4. The Kier molecular flexibility index (Phi) is 15.0. The SMILES string of the molecule is CN[C@H](C(=O)N[C@H](C(=O)N(C)[C@H](/C=C(\C)C(=O)N[C@H](CCC(=O)OC)C(=O)OC)C(C)C)C(C)(C)C)C(C)(C)c1cccc(F)c1. The summed E-state index contributed by atoms with van der Waals surface area (Å²) in [5, 5.41) is 8.59. The molecular formula is C34H53FN4O7. The van der Waals surface area contributed by atoms with E-state index in [-0.39, 0.29) is 30.2 Å². The number of hydrogen-bond acceptors (Lipinski definition) is 8. The van der Waals surface area contributed by atoms with Crippen LogP contribution in [0.25, 0.3) is 0 Å². The van der Waals surface area contributed by atoms with Gasteiger partial charge in [0.1, 0.15) is 17.9 Å². The fraction of sp³-hybridized carbons (Fsp3) is 0.618. The summed E-state index contributed by atoms with van der Waals surface area (Å²) in [5.41, 5.74) is -0.664. The van der Waals surface area contributed by atoms with Crippen LogP contribution in [-0.4, -0.2) is 87.0 Å². The fourth-order valence-corrected chi connectivity index (χ4v) is 5.21. The second-order valence-electron chi connectivity index (χ2n) is 13.5. The summed E-state index contributed by atoms with van der Waals surface area (Å²) >= 11 is 0. The molecular weight excluding hydrogens is 595 g/mol. The molecule has 4 atom stereocenters. The van der Waals surface area contributed by atoms with Crippen molar-refractivity contribution < 1.29 is 37.8 Å². The summed E-state index contributed by atoms with van der Waals surface area (Å²) in [4.78, 5) is 66.3. The maximum Gasteiger partial charge on any atom is 0.328 e. The van der Waals surface area contributed by atoms with Crippen LogP contribution in [0.2, 0.25) is 0 Å². The monoisotopic (exact) mass is 648 g/mol. The third-order valence-corrected chi connectivity index (χ3v) is 8.15. The molecule has 0 saturated heterocycles. The van der Waals surface area contributed by atoms with Crippen molar-refractivity contribution in [2.45, 2.75) is 97.8 Å². The molecule has 0 aliphatic heterocycles. The highest BCUT2D eigenvalue weighted by Gasteiger charge is 2.41. The van der Waals surface area contributed by atoms with Crippen LogP contribution >= 0.6 is 0 Å². The van der Waals surface area contributed by atoms with E-state index in [0.717, 1.165) is 0 Å². The van der Waals surface area contributed by atoms with E-state index in [1.165, 1.54) is 31.3 Å². The van der Waals surface area contributed by atoms with Gasteiger partial charge in [-0.15, -0.1) is 0 Å². The molecule has 0 bridgehead atoms. The summed E-state index contributed by atoms with van der Waals surface area (Å²) in [6.07, 6.45) is 1.53. The van der Waals surface area contributed by atoms with Crippen LogP contribution in [0.5, 0.6) is 0 Å². The standard InChI is InChI=1S/C34H53FN4O7/c1-20(2)25(18-21(3)29(41)37-24(32(44)46-12)16-17-26(40)45-11)39(10)31(43)28(33(4,5)6)38-30(42)27(36-9)34(7,8)22-14-13-15-23(35)19-22/h13-15,18-20,24-25,27-28,36H,16-17H2,1-12H3,(H,37,41)(H,38,42)/b21-18+/t24-,25-,27-,28-/m1/s1. The van der Waals surface area contributed by atoms with Crippen molar-refractivity contribution in [2.75, 3.05) is 28.3 Å². The number of halogens is 1. The molecule has 3 N–H and O–H groups in total. The lowest BCUT2D eigenvalue weighted by Gasteiger charge is -2.40. The van der Waals surface area contributed by atoms with Crippen LogP contribution in [0.15, 0.2) is 35.9 Å². The van der Waals surface area contributed by atoms with E-state index < -0.39 is 64.6 Å². The van der Waals surface area contributed by atoms with Crippen LogP contribution in [0.4, 0.5) is 4.39 Å². The molecule has 0 spiro atoms. The number of esters is 2. The first kappa shape index (κ1) is 40.2. The van der Waals surface area contributed by atoms with Crippen LogP contribution in [0, 0.1) is 17.2 Å². The number of likely N-dealkylation sites (N-methyl/N-ethyl adjacent to an activating group) is 2. The van der Waals surface area contributed by atoms with Gasteiger partial charge in [-0.05, 0) is 49.4 Å². The minimum absolute atomic E-state index is 0.0129. The van der Waals surface area contributed by atoms with Crippen LogP contribution in [0.3, 0.4) is 0 Å². The summed E-state index contributed by atoms with van der Waals surface area (Å²) in [6, 6.07) is 2.69. The molecule has 12 heteroatoms. The third kappa shape index (κ3) is 10.9. The first-order valence-corrected chi connectivity index (χ1v) is 15.4. The Balaban J connectivity index is 3.30. The Labute approximate surface area is 273 Å². The van der Waals surface area contributed by atoms with Crippen molar-refractivity contribution in [3.05, 3.63) is 47.3 Å². The van der Waals surface area contributed by atoms with E-state index >= 15 is 0 Å². The molecule has 3 amide bonds. The molecule has 0 aliphatic carbocycles. The van der Waals surface area contributed by atoms with Gasteiger partial charge in [-0.3, -0.25) is 19.2 Å². The van der Waals surface area contributed by atoms with Crippen molar-refractivity contribution in [1.82, 2.24) is 20.9 Å². The predicted molar refractivity (Wildman–Crippen MR) is 174 cm³/mol. The average Bonchev–Trinajstić information content (AvgIpc) is 2.98. The normalized spacial score (nSPS) is 14.9. The lowest BCUT2D eigenvalue weighted by Crippen LogP contribution is -2.61. The molecule has 0 aromatic heterocycles. The number of carbonyl (C=O) groups excluding carboxylic acids is 5. The summed E-state index contributed by atoms with van der Waals surface area (Å²) < 4.78 is 23.5. The summed E-state index contributed by atoms with van der Waals surface area (Å²) in [6.45, 7) is 14.5. The number of benzene rings is 1. The van der Waals surface area contributed by atoms with E-state index in [2.05, 4.69) is 20.7 Å². The van der Waals surface area contributed by atoms with Gasteiger partial charge in [-0.25, -0.2) is 9.18 Å². The van der Waals surface area contributed by atoms with Gasteiger partial charge >= 0.3 is 11.9 Å². The lowest BCUT2D eigenvalue weighted by atomic mass is 9.76. The Hall–Kier alpha value is -3.80. The third-order valence-electron chi connectivity index (χ3n) is 8.15. The van der Waals surface area contributed by atoms with E-state index in [9.17, 15) is 28.4 Å². The zero-order chi connectivity index (χ0) is 35.6. The maximum atomic E-state index is 14.1. The van der Waals surface area contributed by atoms with Gasteiger partial charge in [0.15, 0.2) is 0 Å². The topological polar surface area (TPSA) is 143 Å². The first-order chi connectivity index (χ1) is 21.2. The number of methoxy groups -OCH3 is 2. The number of ether oxygens (including phenoxy) is 2. The highest BCUT2D eigenvalue weighted by Crippen LogP contribution is 2.29. The van der Waals surface area contributed by atoms with E-state index in [0.29, 0.717) is 5.56 Å². The number of carbonyl (C=O) groups is 5. The van der Waals surface area contributed by atoms with Crippen molar-refractivity contribution in [2.24, 2.45) is 11.3 Å². The predicted octanol–water partition coefficient (Wildman–Crippen LogP) is 3.26. The minimum Gasteiger partial charge on any atom is -0.469 e. The minimum atomic E-state index is -1.07. The van der Waals surface area contributed by atoms with Gasteiger partial charge in [0.2, 0.25) is 17.7 Å². The lowest BCUT2D eigenvalue weighted by molar-refractivity contribution is -0.146. The van der Waals surface area contributed by atoms with Gasteiger partial charge in [-0.1, -0.05) is 66.7 Å². The smallest absolute Gasteiger partial charge is 0.328 e. The number of rotatable bonds is 15. The van der Waals surface area contributed by atoms with Gasteiger partial charge in [-0.2, -0.15) is 0 Å². The Morgan fingerprint density at radius 1 is 0.978 bits per heavy atom. The van der Waals surface area contributed by atoms with E-state index in [1.807, 2.05) is 48.5 Å². The molecule has 0 radical (unpaired) electrons. The Morgan fingerprint density at radius 3 is 2.07 bits per heavy atom. The Morgan fingerprint density at radius 2 is 1.59 bits per heavy atom. The summed E-state index contributed by atoms with van der Waals surface area (Å²) in [5.74, 6) is -3.15. The molecule has 0 heterocycles. The average molecular weight is 649 g/mol. The molecule has 1 rings (SSSR count). The summed E-state index contributed by atoms with van der Waals surface area (Å²) in [7, 11) is 5.66. The largest absolute Gasteiger partial charge is 0.469 e. The first-order valence-electron chi connectivity index (χ1n) is 15.4. The van der Waals surface area contributed by atoms with E-state index in [1.54, 1.807) is 39.2 Å². The zero-order valence-electron chi connectivity index (χ0n) is 29.4. The molecule has 0 aliphatic rings. The quantitative estimate of drug-likeness (QED) is 0.194. The Bertz CT molecular complexity index is 1270. The van der Waals surface area contributed by atoms with Gasteiger partial charge in [0.05, 0.1) is 26.3 Å². The van der Waals surface area contributed by atoms with Crippen LogP contribution < -0.4 is 16.0 Å². The molecule has 0 unspecified atom stereocenters. The van der Waals surface area contributed by atoms with Gasteiger partial charge in [0.25, 0.3) is 0 Å².